The predicted octanol–water partition coefficient (Wildman–Crippen LogP) is 17.5. The lowest BCUT2D eigenvalue weighted by Crippen LogP contribution is -2.30. The van der Waals surface area contributed by atoms with Crippen LogP contribution in [-0.4, -0.2) is 37.2 Å². The van der Waals surface area contributed by atoms with Crippen molar-refractivity contribution in [3.05, 3.63) is 134 Å². The van der Waals surface area contributed by atoms with Gasteiger partial charge in [0.25, 0.3) is 0 Å². The molecule has 0 radical (unpaired) electrons. The first-order valence-electron chi connectivity index (χ1n) is 26.3. The monoisotopic (exact) mass is 911 g/mol. The molecule has 0 aromatic heterocycles. The van der Waals surface area contributed by atoms with Crippen LogP contribution in [0.4, 0.5) is 0 Å². The van der Waals surface area contributed by atoms with Crippen molar-refractivity contribution in [1.82, 2.24) is 0 Å². The van der Waals surface area contributed by atoms with E-state index >= 15 is 0 Å². The Hall–Kier alpha value is -4.45. The van der Waals surface area contributed by atoms with Gasteiger partial charge in [0.15, 0.2) is 6.10 Å². The molecule has 6 heteroatoms. The van der Waals surface area contributed by atoms with Gasteiger partial charge < -0.3 is 14.2 Å². The molecule has 1 atom stereocenters. The van der Waals surface area contributed by atoms with E-state index in [0.29, 0.717) is 19.3 Å². The number of esters is 3. The standard InChI is InChI=1S/C60H94O6/c1-4-7-10-13-16-19-22-25-27-29-31-32-35-38-41-44-47-50-53-59(62)65-56-57(55-64-58(61)52-49-46-43-40-37-34-24-21-18-15-12-9-6-3)66-60(63)54-51-48-45-42-39-36-33-30-28-26-23-20-17-14-11-8-5-2/h8-9,11-12,15,17-18,20-21,24,26-29,31-34,36-37,42,45,57H,4-7,10,13-14,16,19,22-23,25,30,35,38-41,43-44,46-56H2,1-3H3/b11-8-,12-9-,18-15-,20-17-,24-21-,28-26-,29-27-,32-31-,36-33-,37-34-,45-42-. The van der Waals surface area contributed by atoms with Crippen molar-refractivity contribution in [2.45, 2.75) is 213 Å². The van der Waals surface area contributed by atoms with Crippen molar-refractivity contribution in [3.8, 4) is 0 Å². The molecule has 0 bridgehead atoms. The summed E-state index contributed by atoms with van der Waals surface area (Å²) < 4.78 is 16.7. The van der Waals surface area contributed by atoms with E-state index in [1.165, 1.54) is 51.4 Å². The summed E-state index contributed by atoms with van der Waals surface area (Å²) in [6.45, 7) is 6.26. The van der Waals surface area contributed by atoms with Gasteiger partial charge >= 0.3 is 17.9 Å². The average Bonchev–Trinajstić information content (AvgIpc) is 3.31. The molecule has 0 rings (SSSR count). The van der Waals surface area contributed by atoms with Gasteiger partial charge in [0, 0.05) is 19.3 Å². The maximum absolute atomic E-state index is 12.8. The molecule has 0 fully saturated rings. The molecule has 0 aliphatic heterocycles. The highest BCUT2D eigenvalue weighted by atomic mass is 16.6. The zero-order chi connectivity index (χ0) is 47.9. The van der Waals surface area contributed by atoms with Crippen molar-refractivity contribution in [3.63, 3.8) is 0 Å². The molecule has 0 saturated heterocycles. The van der Waals surface area contributed by atoms with E-state index in [2.05, 4.69) is 118 Å². The van der Waals surface area contributed by atoms with E-state index in [4.69, 9.17) is 14.2 Å². The van der Waals surface area contributed by atoms with Crippen LogP contribution < -0.4 is 0 Å². The predicted molar refractivity (Wildman–Crippen MR) is 283 cm³/mol. The zero-order valence-electron chi connectivity index (χ0n) is 42.1. The van der Waals surface area contributed by atoms with Crippen molar-refractivity contribution in [1.29, 1.82) is 0 Å². The van der Waals surface area contributed by atoms with Gasteiger partial charge in [-0.15, -0.1) is 0 Å². The molecular weight excluding hydrogens is 817 g/mol. The smallest absolute Gasteiger partial charge is 0.306 e. The van der Waals surface area contributed by atoms with Crippen molar-refractivity contribution >= 4 is 17.9 Å². The Morgan fingerprint density at radius 1 is 0.333 bits per heavy atom. The van der Waals surface area contributed by atoms with E-state index in [1.54, 1.807) is 0 Å². The van der Waals surface area contributed by atoms with Crippen LogP contribution in [0.15, 0.2) is 134 Å². The molecule has 0 amide bonds. The van der Waals surface area contributed by atoms with Gasteiger partial charge in [-0.05, 0) is 103 Å². The lowest BCUT2D eigenvalue weighted by molar-refractivity contribution is -0.167. The molecule has 0 aromatic rings. The molecule has 0 saturated carbocycles. The van der Waals surface area contributed by atoms with E-state index in [-0.39, 0.29) is 37.5 Å². The molecule has 0 aliphatic carbocycles. The fourth-order valence-electron chi connectivity index (χ4n) is 6.60. The van der Waals surface area contributed by atoms with Gasteiger partial charge in [-0.1, -0.05) is 219 Å². The van der Waals surface area contributed by atoms with Crippen molar-refractivity contribution in [2.75, 3.05) is 13.2 Å². The fourth-order valence-corrected chi connectivity index (χ4v) is 6.60. The normalized spacial score (nSPS) is 13.2. The van der Waals surface area contributed by atoms with Crippen molar-refractivity contribution < 1.29 is 28.6 Å². The molecule has 0 N–H and O–H groups in total. The number of ether oxygens (including phenoxy) is 3. The van der Waals surface area contributed by atoms with Gasteiger partial charge in [-0.25, -0.2) is 0 Å². The van der Waals surface area contributed by atoms with Crippen LogP contribution in [0.2, 0.25) is 0 Å². The maximum Gasteiger partial charge on any atom is 0.306 e. The summed E-state index contributed by atoms with van der Waals surface area (Å²) in [6, 6.07) is 0. The Morgan fingerprint density at radius 3 is 1.17 bits per heavy atom. The number of rotatable bonds is 45. The van der Waals surface area contributed by atoms with E-state index in [0.717, 1.165) is 109 Å². The van der Waals surface area contributed by atoms with Gasteiger partial charge in [-0.2, -0.15) is 0 Å². The number of carbonyl (C=O) groups excluding carboxylic acids is 3. The first kappa shape index (κ1) is 61.5. The third-order valence-corrected chi connectivity index (χ3v) is 10.5. The minimum atomic E-state index is -0.835. The van der Waals surface area contributed by atoms with Crippen LogP contribution in [0.5, 0.6) is 0 Å². The second-order valence-corrected chi connectivity index (χ2v) is 16.8. The highest BCUT2D eigenvalue weighted by Gasteiger charge is 2.19. The molecule has 0 spiro atoms. The molecule has 6 nitrogen and oxygen atoms in total. The first-order valence-corrected chi connectivity index (χ1v) is 26.3. The largest absolute Gasteiger partial charge is 0.462 e. The third kappa shape index (κ3) is 50.5. The zero-order valence-corrected chi connectivity index (χ0v) is 42.1. The van der Waals surface area contributed by atoms with Crippen LogP contribution in [0, 0.1) is 0 Å². The van der Waals surface area contributed by atoms with Gasteiger partial charge in [-0.3, -0.25) is 14.4 Å². The van der Waals surface area contributed by atoms with Gasteiger partial charge in [0.2, 0.25) is 0 Å². The second kappa shape index (κ2) is 53.2. The number of unbranched alkanes of at least 4 members (excludes halogenated alkanes) is 16. The van der Waals surface area contributed by atoms with Crippen LogP contribution in [0.25, 0.3) is 0 Å². The number of hydrogen-bond acceptors (Lipinski definition) is 6. The highest BCUT2D eigenvalue weighted by molar-refractivity contribution is 5.71. The topological polar surface area (TPSA) is 78.9 Å². The van der Waals surface area contributed by atoms with E-state index < -0.39 is 6.10 Å². The molecule has 1 unspecified atom stereocenters. The summed E-state index contributed by atoms with van der Waals surface area (Å²) in [5.74, 6) is -1.05. The maximum atomic E-state index is 12.8. The third-order valence-electron chi connectivity index (χ3n) is 10.5. The van der Waals surface area contributed by atoms with Crippen LogP contribution in [0.1, 0.15) is 207 Å². The molecule has 0 aromatic carbocycles. The minimum absolute atomic E-state index is 0.127. The van der Waals surface area contributed by atoms with E-state index in [1.807, 2.05) is 36.5 Å². The Morgan fingerprint density at radius 2 is 0.682 bits per heavy atom. The Balaban J connectivity index is 4.58. The number of allylic oxidation sites excluding steroid dienone is 22. The Labute approximate surface area is 405 Å². The quantitative estimate of drug-likeness (QED) is 0.0199. The lowest BCUT2D eigenvalue weighted by atomic mass is 10.1. The molecular formula is C60H94O6. The highest BCUT2D eigenvalue weighted by Crippen LogP contribution is 2.12. The molecule has 370 valence electrons. The molecule has 66 heavy (non-hydrogen) atoms. The van der Waals surface area contributed by atoms with Gasteiger partial charge in [0.05, 0.1) is 0 Å². The summed E-state index contributed by atoms with van der Waals surface area (Å²) in [4.78, 5) is 38.0. The first-order chi connectivity index (χ1) is 32.5. The van der Waals surface area contributed by atoms with Crippen LogP contribution >= 0.6 is 0 Å². The van der Waals surface area contributed by atoms with E-state index in [9.17, 15) is 14.4 Å². The van der Waals surface area contributed by atoms with Gasteiger partial charge in [0.1, 0.15) is 13.2 Å². The SMILES string of the molecule is CC\C=C/C=C\C=C/C=C\CCCCCC(=O)OCC(COC(=O)CCCCCCC/C=C\C=C/CCCCCCCCC)OC(=O)CCC/C=C\C/C=C\C/C=C\C/C=C\C/C=C\CC. The average molecular weight is 911 g/mol. The number of hydrogen-bond donors (Lipinski definition) is 0. The summed E-state index contributed by atoms with van der Waals surface area (Å²) in [7, 11) is 0. The summed E-state index contributed by atoms with van der Waals surface area (Å²) >= 11 is 0. The van der Waals surface area contributed by atoms with Crippen LogP contribution in [0.3, 0.4) is 0 Å². The Kier molecular flexibility index (Phi) is 49.6. The number of carbonyl (C=O) groups is 3. The van der Waals surface area contributed by atoms with Crippen LogP contribution in [-0.2, 0) is 28.6 Å². The minimum Gasteiger partial charge on any atom is -0.462 e. The van der Waals surface area contributed by atoms with Crippen molar-refractivity contribution in [2.24, 2.45) is 0 Å². The summed E-state index contributed by atoms with van der Waals surface area (Å²) in [6.07, 6.45) is 74.4. The second-order valence-electron chi connectivity index (χ2n) is 16.8. The molecule has 0 aliphatic rings. The summed E-state index contributed by atoms with van der Waals surface area (Å²) in [5.41, 5.74) is 0. The molecule has 0 heterocycles. The fraction of sp³-hybridized carbons (Fsp3) is 0.583. The Bertz CT molecular complexity index is 1460. The summed E-state index contributed by atoms with van der Waals surface area (Å²) in [5, 5.41) is 0. The lowest BCUT2D eigenvalue weighted by Gasteiger charge is -2.18.